The summed E-state index contributed by atoms with van der Waals surface area (Å²) in [4.78, 5) is 9.87. The molecule has 1 fully saturated rings. The van der Waals surface area contributed by atoms with E-state index >= 15 is 0 Å². The first kappa shape index (κ1) is 19.2. The Balaban J connectivity index is 2.47. The molecule has 1 aliphatic heterocycles. The molecule has 2 N–H and O–H groups in total. The standard InChI is InChI=1S/C17H37N5/c1-7-18-17(20-16(6)14(3)4)19-13-15(5)22-11-9-21(8-2)10-12-22/h14-16H,7-13H2,1-6H3,(H2,18,19,20). The monoisotopic (exact) mass is 311 g/mol. The Morgan fingerprint density at radius 3 is 2.18 bits per heavy atom. The summed E-state index contributed by atoms with van der Waals surface area (Å²) in [5.41, 5.74) is 0. The fraction of sp³-hybridized carbons (Fsp3) is 0.941. The van der Waals surface area contributed by atoms with E-state index in [9.17, 15) is 0 Å². The first-order valence-corrected chi connectivity index (χ1v) is 8.99. The fourth-order valence-corrected chi connectivity index (χ4v) is 2.56. The summed E-state index contributed by atoms with van der Waals surface area (Å²) in [5, 5.41) is 6.86. The number of aliphatic imine (C=N–C) groups is 1. The van der Waals surface area contributed by atoms with Gasteiger partial charge in [-0.15, -0.1) is 0 Å². The van der Waals surface area contributed by atoms with Crippen molar-refractivity contribution in [2.24, 2.45) is 10.9 Å². The lowest BCUT2D eigenvalue weighted by Crippen LogP contribution is -2.50. The largest absolute Gasteiger partial charge is 0.357 e. The van der Waals surface area contributed by atoms with Gasteiger partial charge in [-0.25, -0.2) is 0 Å². The first-order chi connectivity index (χ1) is 10.5. The van der Waals surface area contributed by atoms with Crippen LogP contribution >= 0.6 is 0 Å². The molecule has 5 nitrogen and oxygen atoms in total. The number of piperazine rings is 1. The van der Waals surface area contributed by atoms with Crippen molar-refractivity contribution >= 4 is 5.96 Å². The van der Waals surface area contributed by atoms with Crippen molar-refractivity contribution in [2.75, 3.05) is 45.8 Å². The average molecular weight is 312 g/mol. The molecule has 22 heavy (non-hydrogen) atoms. The summed E-state index contributed by atoms with van der Waals surface area (Å²) in [6.45, 7) is 21.0. The third kappa shape index (κ3) is 6.53. The highest BCUT2D eigenvalue weighted by Crippen LogP contribution is 2.06. The molecule has 0 amide bonds. The van der Waals surface area contributed by atoms with E-state index in [2.05, 4.69) is 62.0 Å². The lowest BCUT2D eigenvalue weighted by molar-refractivity contribution is 0.109. The van der Waals surface area contributed by atoms with Crippen LogP contribution in [0.1, 0.15) is 41.5 Å². The van der Waals surface area contributed by atoms with E-state index in [4.69, 9.17) is 4.99 Å². The third-order valence-corrected chi connectivity index (χ3v) is 4.70. The molecule has 0 aromatic heterocycles. The molecule has 0 aliphatic carbocycles. The smallest absolute Gasteiger partial charge is 0.191 e. The van der Waals surface area contributed by atoms with Crippen LogP contribution in [-0.4, -0.2) is 73.7 Å². The molecule has 0 saturated carbocycles. The van der Waals surface area contributed by atoms with Crippen LogP contribution in [0.25, 0.3) is 0 Å². The van der Waals surface area contributed by atoms with Crippen molar-refractivity contribution in [1.82, 2.24) is 20.4 Å². The Labute approximate surface area is 137 Å². The van der Waals surface area contributed by atoms with Gasteiger partial charge in [-0.3, -0.25) is 9.89 Å². The number of rotatable bonds is 7. The maximum absolute atomic E-state index is 4.79. The van der Waals surface area contributed by atoms with Crippen molar-refractivity contribution in [3.05, 3.63) is 0 Å². The number of hydrogen-bond acceptors (Lipinski definition) is 3. The molecule has 1 aliphatic rings. The van der Waals surface area contributed by atoms with Crippen LogP contribution in [0.5, 0.6) is 0 Å². The predicted molar refractivity (Wildman–Crippen MR) is 96.6 cm³/mol. The zero-order valence-corrected chi connectivity index (χ0v) is 15.5. The summed E-state index contributed by atoms with van der Waals surface area (Å²) < 4.78 is 0. The molecule has 0 spiro atoms. The second-order valence-corrected chi connectivity index (χ2v) is 6.72. The molecule has 0 radical (unpaired) electrons. The number of hydrogen-bond donors (Lipinski definition) is 2. The third-order valence-electron chi connectivity index (χ3n) is 4.70. The molecular weight excluding hydrogens is 274 g/mol. The zero-order chi connectivity index (χ0) is 16.5. The summed E-state index contributed by atoms with van der Waals surface area (Å²) >= 11 is 0. The second-order valence-electron chi connectivity index (χ2n) is 6.72. The van der Waals surface area contributed by atoms with E-state index in [-0.39, 0.29) is 0 Å². The molecule has 130 valence electrons. The van der Waals surface area contributed by atoms with Gasteiger partial charge in [0.1, 0.15) is 0 Å². The number of likely N-dealkylation sites (N-methyl/N-ethyl adjacent to an activating group) is 1. The van der Waals surface area contributed by atoms with Crippen molar-refractivity contribution < 1.29 is 0 Å². The summed E-state index contributed by atoms with van der Waals surface area (Å²) in [6, 6.07) is 0.935. The molecule has 2 unspecified atom stereocenters. The van der Waals surface area contributed by atoms with Crippen LogP contribution in [0.2, 0.25) is 0 Å². The maximum atomic E-state index is 4.79. The summed E-state index contributed by atoms with van der Waals surface area (Å²) in [7, 11) is 0. The second kappa shape index (κ2) is 10.1. The topological polar surface area (TPSA) is 42.9 Å². The highest BCUT2D eigenvalue weighted by atomic mass is 15.3. The highest BCUT2D eigenvalue weighted by molar-refractivity contribution is 5.80. The van der Waals surface area contributed by atoms with Crippen LogP contribution in [0.15, 0.2) is 4.99 Å². The molecule has 0 aromatic carbocycles. The predicted octanol–water partition coefficient (Wildman–Crippen LogP) is 1.61. The van der Waals surface area contributed by atoms with Crippen LogP contribution in [0.3, 0.4) is 0 Å². The van der Waals surface area contributed by atoms with Crippen molar-refractivity contribution in [3.63, 3.8) is 0 Å². The molecule has 2 atom stereocenters. The number of guanidine groups is 1. The first-order valence-electron chi connectivity index (χ1n) is 8.99. The number of nitrogens with one attached hydrogen (secondary N) is 2. The molecule has 0 aromatic rings. The van der Waals surface area contributed by atoms with Gasteiger partial charge >= 0.3 is 0 Å². The van der Waals surface area contributed by atoms with E-state index in [1.165, 1.54) is 19.6 Å². The van der Waals surface area contributed by atoms with E-state index in [1.54, 1.807) is 0 Å². The number of nitrogens with zero attached hydrogens (tertiary/aromatic N) is 3. The van der Waals surface area contributed by atoms with E-state index < -0.39 is 0 Å². The van der Waals surface area contributed by atoms with Gasteiger partial charge in [0.2, 0.25) is 0 Å². The lowest BCUT2D eigenvalue weighted by atomic mass is 10.1. The molecule has 5 heteroatoms. The molecule has 0 bridgehead atoms. The molecule has 1 rings (SSSR count). The van der Waals surface area contributed by atoms with Crippen LogP contribution in [0, 0.1) is 5.92 Å². The van der Waals surface area contributed by atoms with Crippen LogP contribution < -0.4 is 10.6 Å². The van der Waals surface area contributed by atoms with Crippen molar-refractivity contribution in [3.8, 4) is 0 Å². The minimum atomic E-state index is 0.432. The Morgan fingerprint density at radius 2 is 1.68 bits per heavy atom. The molecule has 1 saturated heterocycles. The minimum Gasteiger partial charge on any atom is -0.357 e. The van der Waals surface area contributed by atoms with Gasteiger partial charge < -0.3 is 15.5 Å². The lowest BCUT2D eigenvalue weighted by Gasteiger charge is -2.37. The molecule has 1 heterocycles. The van der Waals surface area contributed by atoms with Gasteiger partial charge in [-0.1, -0.05) is 20.8 Å². The SMILES string of the molecule is CCNC(=NCC(C)N1CCN(CC)CC1)NC(C)C(C)C. The van der Waals surface area contributed by atoms with Gasteiger partial charge in [0.05, 0.1) is 6.54 Å². The fourth-order valence-electron chi connectivity index (χ4n) is 2.56. The van der Waals surface area contributed by atoms with Crippen molar-refractivity contribution in [2.45, 2.75) is 53.6 Å². The summed E-state index contributed by atoms with van der Waals surface area (Å²) in [6.07, 6.45) is 0. The minimum absolute atomic E-state index is 0.432. The Morgan fingerprint density at radius 1 is 1.05 bits per heavy atom. The van der Waals surface area contributed by atoms with E-state index in [0.717, 1.165) is 32.1 Å². The quantitative estimate of drug-likeness (QED) is 0.554. The van der Waals surface area contributed by atoms with Gasteiger partial charge in [-0.2, -0.15) is 0 Å². The normalized spacial score (nSPS) is 21.0. The Hall–Kier alpha value is -0.810. The van der Waals surface area contributed by atoms with Gasteiger partial charge in [0, 0.05) is 44.8 Å². The van der Waals surface area contributed by atoms with Crippen LogP contribution in [-0.2, 0) is 0 Å². The van der Waals surface area contributed by atoms with Gasteiger partial charge in [0.15, 0.2) is 5.96 Å². The van der Waals surface area contributed by atoms with Crippen LogP contribution in [0.4, 0.5) is 0 Å². The maximum Gasteiger partial charge on any atom is 0.191 e. The van der Waals surface area contributed by atoms with E-state index in [0.29, 0.717) is 18.0 Å². The van der Waals surface area contributed by atoms with Crippen molar-refractivity contribution in [1.29, 1.82) is 0 Å². The Kier molecular flexibility index (Phi) is 8.79. The van der Waals surface area contributed by atoms with Gasteiger partial charge in [-0.05, 0) is 33.2 Å². The highest BCUT2D eigenvalue weighted by Gasteiger charge is 2.20. The zero-order valence-electron chi connectivity index (χ0n) is 15.5. The molecular formula is C17H37N5. The summed E-state index contributed by atoms with van der Waals surface area (Å²) in [5.74, 6) is 1.55. The average Bonchev–Trinajstić information content (AvgIpc) is 2.52. The van der Waals surface area contributed by atoms with E-state index in [1.807, 2.05) is 0 Å². The Bertz CT molecular complexity index is 321. The van der Waals surface area contributed by atoms with Gasteiger partial charge in [0.25, 0.3) is 0 Å².